The molecule has 1 aliphatic heterocycles. The van der Waals surface area contributed by atoms with Gasteiger partial charge in [-0.25, -0.2) is 14.6 Å². The number of carbonyl (C=O) groups is 1. The maximum Gasteiger partial charge on any atom is 0.410 e. The minimum absolute atomic E-state index is 0.101. The highest BCUT2D eigenvalue weighted by atomic mass is 16.6. The second kappa shape index (κ2) is 9.49. The molecule has 3 unspecified atom stereocenters. The van der Waals surface area contributed by atoms with Crippen LogP contribution in [-0.2, 0) is 11.2 Å². The van der Waals surface area contributed by atoms with E-state index >= 15 is 0 Å². The molecule has 0 aromatic carbocycles. The third-order valence-corrected chi connectivity index (χ3v) is 6.33. The normalized spacial score (nSPS) is 18.5. The lowest BCUT2D eigenvalue weighted by atomic mass is 9.92. The van der Waals surface area contributed by atoms with E-state index in [-0.39, 0.29) is 29.8 Å². The van der Waals surface area contributed by atoms with Gasteiger partial charge in [-0.3, -0.25) is 4.57 Å². The number of aromatic nitrogens is 3. The van der Waals surface area contributed by atoms with Gasteiger partial charge in [0, 0.05) is 19.3 Å². The molecule has 30 heavy (non-hydrogen) atoms. The fourth-order valence-corrected chi connectivity index (χ4v) is 4.19. The van der Waals surface area contributed by atoms with Crippen molar-refractivity contribution in [1.29, 1.82) is 0 Å². The summed E-state index contributed by atoms with van der Waals surface area (Å²) in [5, 5.41) is 0. The summed E-state index contributed by atoms with van der Waals surface area (Å²) in [5.41, 5.74) is 3.48. The molecule has 1 aliphatic rings. The summed E-state index contributed by atoms with van der Waals surface area (Å²) in [6.07, 6.45) is 5.66. The van der Waals surface area contributed by atoms with Crippen molar-refractivity contribution in [2.45, 2.75) is 71.9 Å². The summed E-state index contributed by atoms with van der Waals surface area (Å²) < 4.78 is 7.47. The molecule has 1 saturated heterocycles. The number of hydrogen-bond acceptors (Lipinski definition) is 4. The van der Waals surface area contributed by atoms with Crippen LogP contribution in [0, 0.1) is 5.92 Å². The van der Waals surface area contributed by atoms with E-state index in [0.717, 1.165) is 36.8 Å². The lowest BCUT2D eigenvalue weighted by molar-refractivity contribution is 0.0464. The number of nitrogens with one attached hydrogen (secondary N) is 1. The fraction of sp³-hybridized carbons (Fsp3) is 0.609. The van der Waals surface area contributed by atoms with Crippen LogP contribution in [0.5, 0.6) is 0 Å². The smallest absolute Gasteiger partial charge is 0.410 e. The quantitative estimate of drug-likeness (QED) is 0.648. The molecule has 3 atom stereocenters. The van der Waals surface area contributed by atoms with E-state index in [1.807, 2.05) is 19.2 Å². The lowest BCUT2D eigenvalue weighted by Crippen LogP contribution is -2.35. The van der Waals surface area contributed by atoms with E-state index in [9.17, 15) is 9.59 Å². The molecule has 0 aliphatic carbocycles. The van der Waals surface area contributed by atoms with E-state index in [2.05, 4.69) is 37.3 Å². The van der Waals surface area contributed by atoms with Crippen LogP contribution < -0.4 is 5.69 Å². The highest BCUT2D eigenvalue weighted by molar-refractivity contribution is 5.72. The van der Waals surface area contributed by atoms with Crippen molar-refractivity contribution in [3.8, 4) is 0 Å². The average Bonchev–Trinajstić information content (AvgIpc) is 3.34. The van der Waals surface area contributed by atoms with Gasteiger partial charge in [0.05, 0.1) is 11.6 Å². The predicted octanol–water partition coefficient (Wildman–Crippen LogP) is 4.44. The maximum absolute atomic E-state index is 12.7. The Morgan fingerprint density at radius 1 is 1.40 bits per heavy atom. The topological polar surface area (TPSA) is 80.2 Å². The van der Waals surface area contributed by atoms with Crippen LogP contribution in [0.15, 0.2) is 29.2 Å². The minimum atomic E-state index is -0.306. The monoisotopic (exact) mass is 414 g/mol. The predicted molar refractivity (Wildman–Crippen MR) is 119 cm³/mol. The zero-order chi connectivity index (χ0) is 21.8. The molecule has 1 amide bonds. The van der Waals surface area contributed by atoms with Gasteiger partial charge in [-0.2, -0.15) is 0 Å². The number of aromatic amines is 1. The molecule has 0 bridgehead atoms. The number of hydrogen-bond donors (Lipinski definition) is 1. The van der Waals surface area contributed by atoms with Crippen LogP contribution in [0.4, 0.5) is 4.79 Å². The lowest BCUT2D eigenvalue weighted by Gasteiger charge is -2.26. The third kappa shape index (κ3) is 4.60. The zero-order valence-corrected chi connectivity index (χ0v) is 18.6. The van der Waals surface area contributed by atoms with E-state index in [4.69, 9.17) is 4.74 Å². The average molecular weight is 415 g/mol. The first-order valence-electron chi connectivity index (χ1n) is 11.1. The summed E-state index contributed by atoms with van der Waals surface area (Å²) in [6.45, 7) is 13.3. The van der Waals surface area contributed by atoms with E-state index in [1.54, 1.807) is 9.47 Å². The van der Waals surface area contributed by atoms with Gasteiger partial charge in [-0.05, 0) is 56.6 Å². The van der Waals surface area contributed by atoms with Gasteiger partial charge in [0.25, 0.3) is 0 Å². The Balaban J connectivity index is 1.67. The number of likely N-dealkylation sites (tertiary alicyclic amines) is 1. The van der Waals surface area contributed by atoms with Crippen molar-refractivity contribution < 1.29 is 9.53 Å². The number of ether oxygens (including phenoxy) is 1. The molecule has 3 heterocycles. The Morgan fingerprint density at radius 3 is 2.83 bits per heavy atom. The number of aryl methyl sites for hydroxylation is 1. The molecule has 0 spiro atoms. The molecule has 2 aromatic heterocycles. The van der Waals surface area contributed by atoms with E-state index in [0.29, 0.717) is 25.2 Å². The number of pyridine rings is 1. The second-order valence-corrected chi connectivity index (χ2v) is 8.32. The van der Waals surface area contributed by atoms with Gasteiger partial charge < -0.3 is 14.6 Å². The number of fused-ring (bicyclic) bond motifs is 1. The molecule has 164 valence electrons. The first kappa shape index (κ1) is 22.1. The van der Waals surface area contributed by atoms with Gasteiger partial charge in [0.15, 0.2) is 5.65 Å². The Kier molecular flexibility index (Phi) is 7.00. The molecule has 7 heteroatoms. The molecule has 0 radical (unpaired) electrons. The Hall–Kier alpha value is -2.57. The van der Waals surface area contributed by atoms with Gasteiger partial charge in [0.1, 0.15) is 6.10 Å². The Morgan fingerprint density at radius 2 is 2.17 bits per heavy atom. The van der Waals surface area contributed by atoms with Crippen LogP contribution in [0.1, 0.15) is 65.0 Å². The second-order valence-electron chi connectivity index (χ2n) is 8.32. The largest absolute Gasteiger partial charge is 0.446 e. The van der Waals surface area contributed by atoms with Gasteiger partial charge >= 0.3 is 11.8 Å². The van der Waals surface area contributed by atoms with Crippen molar-refractivity contribution in [3.05, 3.63) is 40.5 Å². The van der Waals surface area contributed by atoms with Crippen molar-refractivity contribution in [2.75, 3.05) is 13.1 Å². The first-order valence-corrected chi connectivity index (χ1v) is 11.1. The van der Waals surface area contributed by atoms with E-state index in [1.165, 1.54) is 5.57 Å². The molecule has 1 fully saturated rings. The molecule has 1 N–H and O–H groups in total. The highest BCUT2D eigenvalue weighted by Crippen LogP contribution is 2.26. The van der Waals surface area contributed by atoms with Crippen LogP contribution in [0.25, 0.3) is 11.2 Å². The molecule has 3 rings (SSSR count). The number of carbonyl (C=O) groups excluding carboxylic acids is 1. The summed E-state index contributed by atoms with van der Waals surface area (Å²) >= 11 is 0. The minimum Gasteiger partial charge on any atom is -0.446 e. The number of rotatable bonds is 8. The number of imidazole rings is 1. The van der Waals surface area contributed by atoms with Crippen molar-refractivity contribution in [3.63, 3.8) is 0 Å². The number of nitrogens with zero attached hydrogens (tertiary/aromatic N) is 3. The standard InChI is InChI=1S/C23H34N4O3/c1-6-15(4)11-18(8-3)16(5)30-23(29)26-10-9-19(14-26)27-21-20(25-22(27)28)12-17(7-2)13-24-21/h12-13,16,18-19H,4,6-11,14H2,1-3,5H3,(H,25,28). The third-order valence-electron chi connectivity index (χ3n) is 6.33. The zero-order valence-electron chi connectivity index (χ0n) is 18.6. The summed E-state index contributed by atoms with van der Waals surface area (Å²) in [6, 6.07) is 1.87. The van der Waals surface area contributed by atoms with Crippen molar-refractivity contribution in [1.82, 2.24) is 19.4 Å². The molecular formula is C23H34N4O3. The molecular weight excluding hydrogens is 380 g/mol. The van der Waals surface area contributed by atoms with Crippen LogP contribution in [0.3, 0.4) is 0 Å². The molecule has 0 saturated carbocycles. The Bertz CT molecular complexity index is 961. The van der Waals surface area contributed by atoms with Gasteiger partial charge in [-0.15, -0.1) is 0 Å². The molecule has 7 nitrogen and oxygen atoms in total. The number of allylic oxidation sites excluding steroid dienone is 1. The number of amides is 1. The fourth-order valence-electron chi connectivity index (χ4n) is 4.19. The van der Waals surface area contributed by atoms with Crippen LogP contribution >= 0.6 is 0 Å². The van der Waals surface area contributed by atoms with Gasteiger partial charge in [0.2, 0.25) is 0 Å². The van der Waals surface area contributed by atoms with Crippen LogP contribution in [0.2, 0.25) is 0 Å². The summed E-state index contributed by atoms with van der Waals surface area (Å²) in [4.78, 5) is 34.4. The number of H-pyrrole nitrogens is 1. The Labute approximate surface area is 178 Å². The maximum atomic E-state index is 12.7. The van der Waals surface area contributed by atoms with Gasteiger partial charge in [-0.1, -0.05) is 32.9 Å². The van der Waals surface area contributed by atoms with Crippen molar-refractivity contribution in [2.24, 2.45) is 5.92 Å². The summed E-state index contributed by atoms with van der Waals surface area (Å²) in [7, 11) is 0. The summed E-state index contributed by atoms with van der Waals surface area (Å²) in [5.74, 6) is 0.271. The first-order chi connectivity index (χ1) is 14.4. The van der Waals surface area contributed by atoms with E-state index < -0.39 is 0 Å². The SMILES string of the molecule is C=C(CC)CC(CC)C(C)OC(=O)N1CCC(n2c(=O)[nH]c3cc(CC)cnc32)C1. The highest BCUT2D eigenvalue weighted by Gasteiger charge is 2.32. The van der Waals surface area contributed by atoms with Crippen molar-refractivity contribution >= 4 is 17.3 Å². The molecule has 2 aromatic rings. The van der Waals surface area contributed by atoms with Crippen LogP contribution in [-0.4, -0.2) is 44.7 Å².